The normalized spacial score (nSPS) is 26.6. The summed E-state index contributed by atoms with van der Waals surface area (Å²) in [5, 5.41) is 8.82. The van der Waals surface area contributed by atoms with Crippen LogP contribution in [0.3, 0.4) is 0 Å². The molecule has 5 atom stereocenters. The lowest BCUT2D eigenvalue weighted by molar-refractivity contribution is -0.307. The lowest BCUT2D eigenvalue weighted by Crippen LogP contribution is -2.63. The summed E-state index contributed by atoms with van der Waals surface area (Å²) in [6.45, 7) is 3.09. The monoisotopic (exact) mass is 406 g/mol. The molecule has 158 valence electrons. The van der Waals surface area contributed by atoms with Crippen LogP contribution < -0.4 is 0 Å². The van der Waals surface area contributed by atoms with Gasteiger partial charge < -0.3 is 33.5 Å². The van der Waals surface area contributed by atoms with Crippen molar-refractivity contribution in [1.82, 2.24) is 0 Å². The second kappa shape index (κ2) is 10.6. The maximum absolute atomic E-state index is 11.6. The van der Waals surface area contributed by atoms with E-state index < -0.39 is 73.8 Å². The average Bonchev–Trinajstić information content (AvgIpc) is 2.54. The first-order valence-electron chi connectivity index (χ1n) is 8.15. The Balaban J connectivity index is 3.26. The Bertz CT molecular complexity index is 571. The van der Waals surface area contributed by atoms with E-state index in [0.29, 0.717) is 0 Å². The van der Waals surface area contributed by atoms with Gasteiger partial charge in [0.2, 0.25) is 0 Å². The summed E-state index contributed by atoms with van der Waals surface area (Å²) >= 11 is 0. The fraction of sp³-hybridized carbons (Fsp3) is 0.688. The van der Waals surface area contributed by atoms with E-state index >= 15 is 0 Å². The number of carbonyl (C=O) groups excluding carboxylic acids is 4. The first-order chi connectivity index (χ1) is 13.0. The number of esters is 4. The smallest absolute Gasteiger partial charge is 0.329 e. The van der Waals surface area contributed by atoms with Crippen LogP contribution in [0.2, 0.25) is 0 Å². The molecule has 12 nitrogen and oxygen atoms in total. The highest BCUT2D eigenvalue weighted by atomic mass is 16.7. The van der Waals surface area contributed by atoms with Crippen LogP contribution in [0.15, 0.2) is 0 Å². The van der Waals surface area contributed by atoms with Gasteiger partial charge in [0.05, 0.1) is 0 Å². The van der Waals surface area contributed by atoms with Crippen LogP contribution >= 0.6 is 0 Å². The van der Waals surface area contributed by atoms with Gasteiger partial charge in [-0.05, 0) is 0 Å². The van der Waals surface area contributed by atoms with Gasteiger partial charge in [0.15, 0.2) is 24.6 Å². The van der Waals surface area contributed by atoms with E-state index in [1.54, 1.807) is 0 Å². The number of carbonyl (C=O) groups is 5. The predicted molar refractivity (Wildman–Crippen MR) is 85.5 cm³/mol. The molecule has 0 aromatic heterocycles. The maximum Gasteiger partial charge on any atom is 0.329 e. The van der Waals surface area contributed by atoms with E-state index in [1.807, 2.05) is 0 Å². The fourth-order valence-electron chi connectivity index (χ4n) is 2.48. The van der Waals surface area contributed by atoms with E-state index in [0.717, 1.165) is 27.7 Å². The van der Waals surface area contributed by atoms with Crippen molar-refractivity contribution in [2.24, 2.45) is 0 Å². The molecule has 1 heterocycles. The molecule has 28 heavy (non-hydrogen) atoms. The van der Waals surface area contributed by atoms with Gasteiger partial charge in [-0.15, -0.1) is 0 Å². The molecule has 1 aliphatic heterocycles. The number of hydrogen-bond donors (Lipinski definition) is 1. The molecule has 0 aliphatic carbocycles. The highest BCUT2D eigenvalue weighted by molar-refractivity contribution is 5.69. The van der Waals surface area contributed by atoms with Crippen LogP contribution in [0.5, 0.6) is 0 Å². The molecule has 12 heteroatoms. The molecule has 0 radical (unpaired) electrons. The average molecular weight is 406 g/mol. The van der Waals surface area contributed by atoms with Gasteiger partial charge in [0, 0.05) is 27.7 Å². The van der Waals surface area contributed by atoms with E-state index in [9.17, 15) is 24.0 Å². The van der Waals surface area contributed by atoms with Crippen LogP contribution in [-0.2, 0) is 52.4 Å². The molecule has 1 saturated heterocycles. The zero-order valence-electron chi connectivity index (χ0n) is 15.7. The lowest BCUT2D eigenvalue weighted by Gasteiger charge is -2.43. The number of rotatable bonds is 8. The third-order valence-corrected chi connectivity index (χ3v) is 3.32. The minimum Gasteiger partial charge on any atom is -0.480 e. The van der Waals surface area contributed by atoms with Crippen molar-refractivity contribution in [3.05, 3.63) is 0 Å². The zero-order chi connectivity index (χ0) is 21.4. The van der Waals surface area contributed by atoms with E-state index in [-0.39, 0.29) is 0 Å². The third-order valence-electron chi connectivity index (χ3n) is 3.32. The zero-order valence-corrected chi connectivity index (χ0v) is 15.7. The Kier molecular flexibility index (Phi) is 8.79. The van der Waals surface area contributed by atoms with Crippen molar-refractivity contribution < 1.29 is 57.5 Å². The van der Waals surface area contributed by atoms with Crippen molar-refractivity contribution in [2.75, 3.05) is 13.2 Å². The van der Waals surface area contributed by atoms with Gasteiger partial charge in [-0.2, -0.15) is 0 Å². The lowest BCUT2D eigenvalue weighted by atomic mass is 9.98. The largest absolute Gasteiger partial charge is 0.480 e. The molecular weight excluding hydrogens is 384 g/mol. The van der Waals surface area contributed by atoms with Gasteiger partial charge >= 0.3 is 29.8 Å². The second-order valence-corrected chi connectivity index (χ2v) is 5.77. The van der Waals surface area contributed by atoms with Gasteiger partial charge in [0.25, 0.3) is 0 Å². The number of carboxylic acid groups (broad SMARTS) is 1. The van der Waals surface area contributed by atoms with Gasteiger partial charge in [-0.25, -0.2) is 4.79 Å². The molecule has 0 saturated carbocycles. The van der Waals surface area contributed by atoms with Crippen LogP contribution in [0.25, 0.3) is 0 Å². The summed E-state index contributed by atoms with van der Waals surface area (Å²) in [5.41, 5.74) is 0. The summed E-state index contributed by atoms with van der Waals surface area (Å²) < 4.78 is 30.8. The van der Waals surface area contributed by atoms with E-state index in [2.05, 4.69) is 0 Å². The maximum atomic E-state index is 11.6. The van der Waals surface area contributed by atoms with Crippen molar-refractivity contribution in [2.45, 2.75) is 58.4 Å². The van der Waals surface area contributed by atoms with Crippen molar-refractivity contribution >= 4 is 29.8 Å². The summed E-state index contributed by atoms with van der Waals surface area (Å²) in [4.78, 5) is 56.5. The Morgan fingerprint density at radius 3 is 1.75 bits per heavy atom. The summed E-state index contributed by atoms with van der Waals surface area (Å²) in [6, 6.07) is 0. The van der Waals surface area contributed by atoms with Crippen molar-refractivity contribution in [1.29, 1.82) is 0 Å². The topological polar surface area (TPSA) is 161 Å². The molecule has 0 bridgehead atoms. The minimum absolute atomic E-state index is 0.426. The quantitative estimate of drug-likeness (QED) is 0.394. The first-order valence-corrected chi connectivity index (χ1v) is 8.15. The number of carboxylic acids is 1. The fourth-order valence-corrected chi connectivity index (χ4v) is 2.48. The standard InChI is InChI=1S/C16H22O12/c1-7(17)23-5-11-13(25-8(2)18)14(26-9(3)19)15(27-10(4)20)16(28-11)24-6-12(21)22/h11,13-16H,5-6H2,1-4H3,(H,21,22)/t11-,13-,14+,15+,16?/m1/s1. The van der Waals surface area contributed by atoms with E-state index in [1.165, 1.54) is 0 Å². The molecule has 0 spiro atoms. The molecule has 1 aliphatic rings. The number of ether oxygens (including phenoxy) is 6. The molecule has 1 N–H and O–H groups in total. The Hall–Kier alpha value is -2.73. The third kappa shape index (κ3) is 7.48. The van der Waals surface area contributed by atoms with E-state index in [4.69, 9.17) is 33.5 Å². The van der Waals surface area contributed by atoms with Crippen LogP contribution in [-0.4, -0.2) is 78.9 Å². The van der Waals surface area contributed by atoms with Gasteiger partial charge in [-0.1, -0.05) is 0 Å². The second-order valence-electron chi connectivity index (χ2n) is 5.77. The SMILES string of the molecule is CC(=O)OC[C@H]1OC(OCC(=O)O)[C@@H](OC(C)=O)[C@@H](OC(C)=O)[C@@H]1OC(C)=O. The predicted octanol–water partition coefficient (Wildman–Crippen LogP) is -0.829. The Labute approximate surface area is 159 Å². The number of aliphatic carboxylic acids is 1. The molecule has 1 fully saturated rings. The number of hydrogen-bond acceptors (Lipinski definition) is 11. The van der Waals surface area contributed by atoms with Crippen LogP contribution in [0, 0.1) is 0 Å². The molecule has 1 unspecified atom stereocenters. The minimum atomic E-state index is -1.50. The van der Waals surface area contributed by atoms with Gasteiger partial charge in [-0.3, -0.25) is 19.2 Å². The Morgan fingerprint density at radius 2 is 1.29 bits per heavy atom. The van der Waals surface area contributed by atoms with Crippen LogP contribution in [0.4, 0.5) is 0 Å². The van der Waals surface area contributed by atoms with Crippen molar-refractivity contribution in [3.8, 4) is 0 Å². The summed E-state index contributed by atoms with van der Waals surface area (Å²) in [5.74, 6) is -4.39. The summed E-state index contributed by atoms with van der Waals surface area (Å²) in [6.07, 6.45) is -6.87. The summed E-state index contributed by atoms with van der Waals surface area (Å²) in [7, 11) is 0. The van der Waals surface area contributed by atoms with Gasteiger partial charge in [0.1, 0.15) is 19.3 Å². The Morgan fingerprint density at radius 1 is 0.786 bits per heavy atom. The molecule has 0 amide bonds. The highest BCUT2D eigenvalue weighted by Gasteiger charge is 2.52. The molecule has 0 aromatic rings. The first kappa shape index (κ1) is 23.3. The molecular formula is C16H22O12. The van der Waals surface area contributed by atoms with Crippen LogP contribution in [0.1, 0.15) is 27.7 Å². The molecule has 1 rings (SSSR count). The molecule has 0 aromatic carbocycles. The highest BCUT2D eigenvalue weighted by Crippen LogP contribution is 2.29. The van der Waals surface area contributed by atoms with Crippen molar-refractivity contribution in [3.63, 3.8) is 0 Å².